The van der Waals surface area contributed by atoms with Gasteiger partial charge in [-0.15, -0.1) is 0 Å². The van der Waals surface area contributed by atoms with Crippen LogP contribution in [0, 0.1) is 0 Å². The van der Waals surface area contributed by atoms with Crippen LogP contribution >= 0.6 is 23.2 Å². The molecule has 0 saturated heterocycles. The van der Waals surface area contributed by atoms with Crippen molar-refractivity contribution in [3.63, 3.8) is 0 Å². The van der Waals surface area contributed by atoms with Gasteiger partial charge in [0.15, 0.2) is 9.84 Å². The van der Waals surface area contributed by atoms with Gasteiger partial charge in [0, 0.05) is 16.0 Å². The third-order valence-corrected chi connectivity index (χ3v) is 7.02. The molecule has 5 nitrogen and oxygen atoms in total. The second-order valence-corrected chi connectivity index (χ2v) is 8.63. The van der Waals surface area contributed by atoms with E-state index in [4.69, 9.17) is 28.9 Å². The molecule has 0 radical (unpaired) electrons. The predicted octanol–water partition coefficient (Wildman–Crippen LogP) is 2.72. The summed E-state index contributed by atoms with van der Waals surface area (Å²) in [5, 5.41) is 9.08. The number of carboxylic acid groups (broad SMARTS) is 1. The van der Waals surface area contributed by atoms with E-state index in [-0.39, 0.29) is 4.90 Å². The summed E-state index contributed by atoms with van der Waals surface area (Å²) in [6.45, 7) is 0. The minimum Gasteiger partial charge on any atom is -0.480 e. The van der Waals surface area contributed by atoms with E-state index in [9.17, 15) is 18.3 Å². The number of sulfone groups is 1. The van der Waals surface area contributed by atoms with Crippen LogP contribution in [-0.4, -0.2) is 30.3 Å². The highest BCUT2D eigenvalue weighted by atomic mass is 35.5. The molecule has 3 atom stereocenters. The van der Waals surface area contributed by atoms with Gasteiger partial charge in [-0.3, -0.25) is 4.79 Å². The van der Waals surface area contributed by atoms with Crippen LogP contribution in [0.3, 0.4) is 0 Å². The van der Waals surface area contributed by atoms with Gasteiger partial charge < -0.3 is 10.8 Å². The molecule has 2 aromatic carbocycles. The van der Waals surface area contributed by atoms with Crippen molar-refractivity contribution in [2.24, 2.45) is 5.73 Å². The van der Waals surface area contributed by atoms with Gasteiger partial charge in [0.05, 0.1) is 4.90 Å². The fourth-order valence-electron chi connectivity index (χ4n) is 2.96. The van der Waals surface area contributed by atoms with Crippen molar-refractivity contribution in [1.29, 1.82) is 0 Å². The number of rotatable bonds is 4. The fraction of sp³-hybridized carbons (Fsp3) is 0.188. The highest BCUT2D eigenvalue weighted by molar-refractivity contribution is 7.92. The Morgan fingerprint density at radius 3 is 1.92 bits per heavy atom. The van der Waals surface area contributed by atoms with Crippen LogP contribution < -0.4 is 5.73 Å². The number of nitrogens with two attached hydrogens (primary N) is 1. The summed E-state index contributed by atoms with van der Waals surface area (Å²) in [7, 11) is -3.94. The second kappa shape index (κ2) is 5.74. The van der Waals surface area contributed by atoms with Crippen molar-refractivity contribution in [3.8, 4) is 0 Å². The molecule has 0 amide bonds. The van der Waals surface area contributed by atoms with Crippen LogP contribution in [0.2, 0.25) is 10.0 Å². The lowest BCUT2D eigenvalue weighted by Gasteiger charge is -2.06. The Balaban J connectivity index is 2.06. The predicted molar refractivity (Wildman–Crippen MR) is 91.2 cm³/mol. The lowest BCUT2D eigenvalue weighted by Crippen LogP contribution is -2.39. The van der Waals surface area contributed by atoms with E-state index in [1.54, 1.807) is 24.3 Å². The Hall–Kier alpha value is -1.60. The molecular formula is C16H13Cl2NO4S. The third kappa shape index (κ3) is 2.59. The standard InChI is InChI=1S/C16H13Cl2NO4S/c17-10-3-1-9(2-4-10)13-14(16(13,19)15(20)21)24(22,23)12-7-5-11(18)6-8-12/h1-8,13-14H,19H2,(H,20,21)/t13-,14-,16-/m0/s1. The Morgan fingerprint density at radius 1 is 1.00 bits per heavy atom. The molecule has 1 fully saturated rings. The third-order valence-electron chi connectivity index (χ3n) is 4.26. The van der Waals surface area contributed by atoms with Crippen LogP contribution in [0.4, 0.5) is 0 Å². The van der Waals surface area contributed by atoms with Crippen molar-refractivity contribution in [2.45, 2.75) is 21.6 Å². The summed E-state index contributed by atoms with van der Waals surface area (Å²) in [5.41, 5.74) is 4.60. The zero-order valence-electron chi connectivity index (χ0n) is 12.2. The zero-order chi connectivity index (χ0) is 17.7. The molecule has 8 heteroatoms. The molecule has 24 heavy (non-hydrogen) atoms. The van der Waals surface area contributed by atoms with Gasteiger partial charge in [-0.25, -0.2) is 8.42 Å². The number of carbonyl (C=O) groups is 1. The van der Waals surface area contributed by atoms with Crippen molar-refractivity contribution in [1.82, 2.24) is 0 Å². The Labute approximate surface area is 148 Å². The van der Waals surface area contributed by atoms with E-state index in [1.165, 1.54) is 24.3 Å². The SMILES string of the molecule is N[C@@]1(C(=O)O)[C@@H](c2ccc(Cl)cc2)[C@@H]1S(=O)(=O)c1ccc(Cl)cc1. The van der Waals surface area contributed by atoms with Gasteiger partial charge in [0.2, 0.25) is 0 Å². The van der Waals surface area contributed by atoms with Gasteiger partial charge in [-0.2, -0.15) is 0 Å². The topological polar surface area (TPSA) is 97.5 Å². The normalized spacial score (nSPS) is 26.1. The van der Waals surface area contributed by atoms with Gasteiger partial charge in [-0.05, 0) is 42.0 Å². The maximum atomic E-state index is 12.9. The molecule has 1 saturated carbocycles. The van der Waals surface area contributed by atoms with E-state index in [0.29, 0.717) is 15.6 Å². The first-order valence-corrected chi connectivity index (χ1v) is 9.26. The Kier molecular flexibility index (Phi) is 4.12. The highest BCUT2D eigenvalue weighted by Crippen LogP contribution is 2.55. The minimum atomic E-state index is -3.94. The van der Waals surface area contributed by atoms with Crippen molar-refractivity contribution in [2.75, 3.05) is 0 Å². The molecule has 3 N–H and O–H groups in total. The van der Waals surface area contributed by atoms with E-state index < -0.39 is 32.5 Å². The van der Waals surface area contributed by atoms with Gasteiger partial charge >= 0.3 is 5.97 Å². The van der Waals surface area contributed by atoms with E-state index in [1.807, 2.05) is 0 Å². The Bertz CT molecular complexity index is 897. The maximum absolute atomic E-state index is 12.9. The van der Waals surface area contributed by atoms with E-state index >= 15 is 0 Å². The summed E-state index contributed by atoms with van der Waals surface area (Å²) in [4.78, 5) is 11.6. The van der Waals surface area contributed by atoms with E-state index in [2.05, 4.69) is 0 Å². The van der Waals surface area contributed by atoms with Crippen LogP contribution in [0.5, 0.6) is 0 Å². The first-order chi connectivity index (χ1) is 11.2. The van der Waals surface area contributed by atoms with Crippen LogP contribution in [0.1, 0.15) is 11.5 Å². The number of aliphatic carboxylic acids is 1. The lowest BCUT2D eigenvalue weighted by molar-refractivity contribution is -0.139. The molecule has 0 bridgehead atoms. The van der Waals surface area contributed by atoms with Gasteiger partial charge in [-0.1, -0.05) is 35.3 Å². The summed E-state index contributed by atoms with van der Waals surface area (Å²) in [5.74, 6) is -2.21. The molecule has 0 aliphatic heterocycles. The fourth-order valence-corrected chi connectivity index (χ4v) is 5.44. The molecule has 2 aromatic rings. The summed E-state index contributed by atoms with van der Waals surface area (Å²) in [6.07, 6.45) is 0. The summed E-state index contributed by atoms with van der Waals surface area (Å²) in [6, 6.07) is 11.9. The molecule has 0 spiro atoms. The van der Waals surface area contributed by atoms with Gasteiger partial charge in [0.25, 0.3) is 0 Å². The van der Waals surface area contributed by atoms with E-state index in [0.717, 1.165) is 0 Å². The molecule has 0 heterocycles. The Morgan fingerprint density at radius 2 is 1.46 bits per heavy atom. The molecule has 3 rings (SSSR count). The lowest BCUT2D eigenvalue weighted by atomic mass is 10.1. The van der Waals surface area contributed by atoms with Crippen molar-refractivity contribution < 1.29 is 18.3 Å². The zero-order valence-corrected chi connectivity index (χ0v) is 14.5. The van der Waals surface area contributed by atoms with Crippen LogP contribution in [0.25, 0.3) is 0 Å². The second-order valence-electron chi connectivity index (χ2n) is 5.69. The molecule has 1 aliphatic rings. The summed E-state index contributed by atoms with van der Waals surface area (Å²) >= 11 is 11.6. The molecular weight excluding hydrogens is 373 g/mol. The molecule has 0 aromatic heterocycles. The minimum absolute atomic E-state index is 0.00978. The highest BCUT2D eigenvalue weighted by Gasteiger charge is 2.74. The van der Waals surface area contributed by atoms with Gasteiger partial charge in [0.1, 0.15) is 10.8 Å². The van der Waals surface area contributed by atoms with Crippen molar-refractivity contribution in [3.05, 3.63) is 64.1 Å². The largest absolute Gasteiger partial charge is 0.480 e. The van der Waals surface area contributed by atoms with Crippen molar-refractivity contribution >= 4 is 39.0 Å². The summed E-state index contributed by atoms with van der Waals surface area (Å²) < 4.78 is 25.7. The molecule has 1 aliphatic carbocycles. The average Bonchev–Trinajstić information content (AvgIpc) is 3.17. The van der Waals surface area contributed by atoms with Crippen LogP contribution in [-0.2, 0) is 14.6 Å². The van der Waals surface area contributed by atoms with Crippen LogP contribution in [0.15, 0.2) is 53.4 Å². The molecule has 0 unspecified atom stereocenters. The number of hydrogen-bond acceptors (Lipinski definition) is 4. The first kappa shape index (κ1) is 17.2. The molecule has 126 valence electrons. The average molecular weight is 386 g/mol. The smallest absolute Gasteiger partial charge is 0.325 e. The number of carboxylic acids is 1. The quantitative estimate of drug-likeness (QED) is 0.842. The number of halogens is 2. The number of hydrogen-bond donors (Lipinski definition) is 2. The number of benzene rings is 2. The first-order valence-electron chi connectivity index (χ1n) is 6.96. The monoisotopic (exact) mass is 385 g/mol. The maximum Gasteiger partial charge on any atom is 0.325 e.